The molecule has 2 rings (SSSR count). The quantitative estimate of drug-likeness (QED) is 0.473. The Bertz CT molecular complexity index is 787. The average molecular weight is 391 g/mol. The lowest BCUT2D eigenvalue weighted by Crippen LogP contribution is -1.93. The van der Waals surface area contributed by atoms with Crippen molar-refractivity contribution in [2.75, 3.05) is 0 Å². The van der Waals surface area contributed by atoms with Crippen LogP contribution in [-0.4, -0.2) is 8.42 Å². The molecule has 0 aliphatic rings. The normalized spacial score (nSPS) is 11.7. The van der Waals surface area contributed by atoms with Gasteiger partial charge in [-0.05, 0) is 23.8 Å². The van der Waals surface area contributed by atoms with Crippen LogP contribution in [0.2, 0.25) is 20.1 Å². The van der Waals surface area contributed by atoms with Crippen molar-refractivity contribution < 1.29 is 8.42 Å². The summed E-state index contributed by atoms with van der Waals surface area (Å²) in [6.45, 7) is 0. The van der Waals surface area contributed by atoms with E-state index in [1.54, 1.807) is 18.2 Å². The highest BCUT2D eigenvalue weighted by molar-refractivity contribution is 8.13. The molecule has 0 aromatic heterocycles. The standard InChI is InChI=1S/C12H5Cl5O2S/c13-8-3-1-6(5-10(8)20(17,18)19)7-2-4-9(14)12(16)11(7)15/h1-5H. The predicted octanol–water partition coefficient (Wildman–Crippen LogP) is 5.89. The molecule has 2 aromatic carbocycles. The molecule has 0 bridgehead atoms. The summed E-state index contributed by atoms with van der Waals surface area (Å²) in [7, 11) is 1.37. The Kier molecular flexibility index (Phi) is 4.80. The average Bonchev–Trinajstić information content (AvgIpc) is 2.36. The van der Waals surface area contributed by atoms with Crippen LogP contribution >= 0.6 is 57.1 Å². The van der Waals surface area contributed by atoms with Gasteiger partial charge in [-0.25, -0.2) is 8.42 Å². The summed E-state index contributed by atoms with van der Waals surface area (Å²) in [4.78, 5) is -0.194. The van der Waals surface area contributed by atoms with E-state index in [9.17, 15) is 8.42 Å². The van der Waals surface area contributed by atoms with Gasteiger partial charge in [0, 0.05) is 16.2 Å². The van der Waals surface area contributed by atoms with Crippen LogP contribution in [0, 0.1) is 0 Å². The van der Waals surface area contributed by atoms with E-state index in [-0.39, 0.29) is 20.0 Å². The number of benzene rings is 2. The first-order chi connectivity index (χ1) is 9.21. The molecular formula is C12H5Cl5O2S. The molecule has 106 valence electrons. The Morgan fingerprint density at radius 2 is 1.40 bits per heavy atom. The van der Waals surface area contributed by atoms with Crippen LogP contribution in [0.4, 0.5) is 0 Å². The van der Waals surface area contributed by atoms with Crippen LogP contribution < -0.4 is 0 Å². The van der Waals surface area contributed by atoms with E-state index in [0.717, 1.165) is 0 Å². The molecule has 2 aromatic rings. The van der Waals surface area contributed by atoms with Crippen LogP contribution in [0.5, 0.6) is 0 Å². The van der Waals surface area contributed by atoms with E-state index in [1.807, 2.05) is 0 Å². The van der Waals surface area contributed by atoms with Gasteiger partial charge in [0.05, 0.1) is 20.1 Å². The van der Waals surface area contributed by atoms with Gasteiger partial charge < -0.3 is 0 Å². The largest absolute Gasteiger partial charge is 0.262 e. The van der Waals surface area contributed by atoms with Gasteiger partial charge in [-0.2, -0.15) is 0 Å². The number of hydrogen-bond acceptors (Lipinski definition) is 2. The fourth-order valence-electron chi connectivity index (χ4n) is 1.61. The second-order valence-electron chi connectivity index (χ2n) is 3.81. The van der Waals surface area contributed by atoms with Crippen LogP contribution in [0.15, 0.2) is 35.2 Å². The van der Waals surface area contributed by atoms with Crippen LogP contribution in [-0.2, 0) is 9.05 Å². The van der Waals surface area contributed by atoms with Gasteiger partial charge in [0.2, 0.25) is 0 Å². The van der Waals surface area contributed by atoms with E-state index < -0.39 is 9.05 Å². The third kappa shape index (κ3) is 3.19. The Labute approximate surface area is 140 Å². The molecule has 20 heavy (non-hydrogen) atoms. The van der Waals surface area contributed by atoms with Crippen molar-refractivity contribution in [1.82, 2.24) is 0 Å². The lowest BCUT2D eigenvalue weighted by atomic mass is 10.1. The van der Waals surface area contributed by atoms with Gasteiger partial charge in [-0.15, -0.1) is 0 Å². The van der Waals surface area contributed by atoms with Crippen molar-refractivity contribution in [3.05, 3.63) is 50.4 Å². The molecule has 0 radical (unpaired) electrons. The summed E-state index contributed by atoms with van der Waals surface area (Å²) in [5.74, 6) is 0. The molecule has 8 heteroatoms. The lowest BCUT2D eigenvalue weighted by molar-refractivity contribution is 0.609. The highest BCUT2D eigenvalue weighted by Gasteiger charge is 2.17. The fraction of sp³-hybridized carbons (Fsp3) is 0. The third-order valence-electron chi connectivity index (χ3n) is 2.54. The molecule has 0 atom stereocenters. The summed E-state index contributed by atoms with van der Waals surface area (Å²) in [6, 6.07) is 7.56. The van der Waals surface area contributed by atoms with Crippen molar-refractivity contribution in [3.8, 4) is 11.1 Å². The summed E-state index contributed by atoms with van der Waals surface area (Å²) in [5.41, 5.74) is 1.04. The van der Waals surface area contributed by atoms with Crippen molar-refractivity contribution >= 4 is 66.1 Å². The van der Waals surface area contributed by atoms with Gasteiger partial charge in [0.25, 0.3) is 9.05 Å². The molecule has 0 N–H and O–H groups in total. The zero-order valence-corrected chi connectivity index (χ0v) is 14.1. The molecule has 0 aliphatic carbocycles. The second-order valence-corrected chi connectivity index (χ2v) is 7.91. The number of halogens is 5. The minimum absolute atomic E-state index is 0.0277. The molecule has 0 unspecified atom stereocenters. The first-order valence-corrected chi connectivity index (χ1v) is 8.92. The van der Waals surface area contributed by atoms with Gasteiger partial charge in [0.15, 0.2) is 0 Å². The Morgan fingerprint density at radius 1 is 0.800 bits per heavy atom. The second kappa shape index (κ2) is 5.91. The molecule has 0 heterocycles. The Morgan fingerprint density at radius 3 is 2.00 bits per heavy atom. The molecule has 0 aliphatic heterocycles. The molecular weight excluding hydrogens is 385 g/mol. The smallest absolute Gasteiger partial charge is 0.207 e. The van der Waals surface area contributed by atoms with Crippen LogP contribution in [0.25, 0.3) is 11.1 Å². The molecule has 0 saturated heterocycles. The zero-order valence-electron chi connectivity index (χ0n) is 9.50. The highest BCUT2D eigenvalue weighted by atomic mass is 35.7. The monoisotopic (exact) mass is 388 g/mol. The third-order valence-corrected chi connectivity index (χ3v) is 5.64. The lowest BCUT2D eigenvalue weighted by Gasteiger charge is -2.09. The summed E-state index contributed by atoms with van der Waals surface area (Å²) in [5, 5.41) is 0.745. The minimum Gasteiger partial charge on any atom is -0.207 e. The SMILES string of the molecule is O=S(=O)(Cl)c1cc(-c2ccc(Cl)c(Cl)c2Cl)ccc1Cl. The minimum atomic E-state index is -3.96. The van der Waals surface area contributed by atoms with Gasteiger partial charge >= 0.3 is 0 Å². The summed E-state index contributed by atoms with van der Waals surface area (Å²) in [6.07, 6.45) is 0. The highest BCUT2D eigenvalue weighted by Crippen LogP contribution is 2.39. The molecule has 2 nitrogen and oxygen atoms in total. The van der Waals surface area contributed by atoms with E-state index >= 15 is 0 Å². The van der Waals surface area contributed by atoms with Crippen molar-refractivity contribution in [2.45, 2.75) is 4.90 Å². The van der Waals surface area contributed by atoms with Gasteiger partial charge in [0.1, 0.15) is 4.90 Å². The molecule has 0 fully saturated rings. The number of rotatable bonds is 2. The van der Waals surface area contributed by atoms with E-state index in [4.69, 9.17) is 57.1 Å². The molecule has 0 spiro atoms. The first kappa shape index (κ1) is 16.2. The molecule has 0 saturated carbocycles. The fourth-order valence-corrected chi connectivity index (χ4v) is 3.74. The topological polar surface area (TPSA) is 34.1 Å². The van der Waals surface area contributed by atoms with Crippen molar-refractivity contribution in [3.63, 3.8) is 0 Å². The van der Waals surface area contributed by atoms with Gasteiger partial charge in [-0.1, -0.05) is 58.5 Å². The predicted molar refractivity (Wildman–Crippen MR) is 85.0 cm³/mol. The maximum Gasteiger partial charge on any atom is 0.262 e. The van der Waals surface area contributed by atoms with Crippen molar-refractivity contribution in [1.29, 1.82) is 0 Å². The Balaban J connectivity index is 2.69. The van der Waals surface area contributed by atoms with Crippen LogP contribution in [0.3, 0.4) is 0 Å². The number of hydrogen-bond donors (Lipinski definition) is 0. The molecule has 0 amide bonds. The first-order valence-electron chi connectivity index (χ1n) is 5.10. The summed E-state index contributed by atoms with van der Waals surface area (Å²) < 4.78 is 22.9. The maximum absolute atomic E-state index is 11.4. The van der Waals surface area contributed by atoms with Crippen molar-refractivity contribution in [2.24, 2.45) is 0 Å². The zero-order chi connectivity index (χ0) is 15.1. The van der Waals surface area contributed by atoms with Crippen LogP contribution in [0.1, 0.15) is 0 Å². The van der Waals surface area contributed by atoms with E-state index in [1.165, 1.54) is 12.1 Å². The Hall–Kier alpha value is -0.160. The van der Waals surface area contributed by atoms with Gasteiger partial charge in [-0.3, -0.25) is 0 Å². The van der Waals surface area contributed by atoms with E-state index in [2.05, 4.69) is 0 Å². The maximum atomic E-state index is 11.4. The van der Waals surface area contributed by atoms with E-state index in [0.29, 0.717) is 16.1 Å². The summed E-state index contributed by atoms with van der Waals surface area (Å²) >= 11 is 23.7.